The molecule has 0 saturated carbocycles. The van der Waals surface area contributed by atoms with Gasteiger partial charge in [0, 0.05) is 32.0 Å². The highest BCUT2D eigenvalue weighted by molar-refractivity contribution is 5.78. The first-order valence-corrected chi connectivity index (χ1v) is 9.46. The standard InChI is InChI=1S/C23H29NO2/c1-23(2)17-20(14-15-26-23)24(3)22(25)16-21(18-10-6-4-7-11-18)19-12-8-5-9-13-19/h4-13,20-21H,14-17H2,1-3H3. The second-order valence-corrected chi connectivity index (χ2v) is 7.84. The van der Waals surface area contributed by atoms with Gasteiger partial charge in [-0.05, 0) is 37.8 Å². The van der Waals surface area contributed by atoms with Crippen molar-refractivity contribution >= 4 is 5.91 Å². The van der Waals surface area contributed by atoms with Gasteiger partial charge in [0.2, 0.25) is 5.91 Å². The molecule has 0 spiro atoms. The molecule has 1 unspecified atom stereocenters. The molecule has 2 aromatic carbocycles. The summed E-state index contributed by atoms with van der Waals surface area (Å²) in [6.45, 7) is 4.93. The Morgan fingerprint density at radius 3 is 2.12 bits per heavy atom. The largest absolute Gasteiger partial charge is 0.375 e. The third-order valence-corrected chi connectivity index (χ3v) is 5.39. The van der Waals surface area contributed by atoms with E-state index in [-0.39, 0.29) is 23.5 Å². The van der Waals surface area contributed by atoms with Crippen LogP contribution in [0, 0.1) is 0 Å². The van der Waals surface area contributed by atoms with Crippen LogP contribution in [0.1, 0.15) is 50.2 Å². The summed E-state index contributed by atoms with van der Waals surface area (Å²) in [6, 6.07) is 20.9. The van der Waals surface area contributed by atoms with Crippen molar-refractivity contribution in [3.63, 3.8) is 0 Å². The van der Waals surface area contributed by atoms with Crippen LogP contribution in [0.15, 0.2) is 60.7 Å². The number of nitrogens with zero attached hydrogens (tertiary/aromatic N) is 1. The average molecular weight is 351 g/mol. The first kappa shape index (κ1) is 18.7. The van der Waals surface area contributed by atoms with Crippen LogP contribution in [0.25, 0.3) is 0 Å². The lowest BCUT2D eigenvalue weighted by molar-refractivity contribution is -0.138. The summed E-state index contributed by atoms with van der Waals surface area (Å²) in [5.41, 5.74) is 2.22. The van der Waals surface area contributed by atoms with Gasteiger partial charge >= 0.3 is 0 Å². The van der Waals surface area contributed by atoms with Gasteiger partial charge in [0.15, 0.2) is 0 Å². The van der Waals surface area contributed by atoms with E-state index < -0.39 is 0 Å². The molecule has 1 fully saturated rings. The summed E-state index contributed by atoms with van der Waals surface area (Å²) in [5, 5.41) is 0. The molecule has 138 valence electrons. The predicted molar refractivity (Wildman–Crippen MR) is 105 cm³/mol. The highest BCUT2D eigenvalue weighted by Gasteiger charge is 2.33. The number of hydrogen-bond acceptors (Lipinski definition) is 2. The van der Waals surface area contributed by atoms with E-state index in [1.165, 1.54) is 11.1 Å². The minimum atomic E-state index is -0.157. The summed E-state index contributed by atoms with van der Waals surface area (Å²) in [6.07, 6.45) is 2.28. The fourth-order valence-corrected chi connectivity index (χ4v) is 3.85. The Morgan fingerprint density at radius 2 is 1.62 bits per heavy atom. The molecule has 1 aliphatic heterocycles. The first-order chi connectivity index (χ1) is 12.5. The molecular weight excluding hydrogens is 322 g/mol. The van der Waals surface area contributed by atoms with Gasteiger partial charge in [-0.15, -0.1) is 0 Å². The zero-order valence-corrected chi connectivity index (χ0v) is 16.0. The van der Waals surface area contributed by atoms with Crippen LogP contribution in [0.4, 0.5) is 0 Å². The smallest absolute Gasteiger partial charge is 0.223 e. The molecule has 3 rings (SSSR count). The lowest BCUT2D eigenvalue weighted by Crippen LogP contribution is -2.47. The molecule has 3 nitrogen and oxygen atoms in total. The van der Waals surface area contributed by atoms with E-state index >= 15 is 0 Å². The van der Waals surface area contributed by atoms with Crippen molar-refractivity contribution in [2.45, 2.75) is 50.7 Å². The first-order valence-electron chi connectivity index (χ1n) is 9.46. The molecule has 2 aromatic rings. The average Bonchev–Trinajstić information content (AvgIpc) is 2.66. The second kappa shape index (κ2) is 8.05. The molecule has 1 saturated heterocycles. The summed E-state index contributed by atoms with van der Waals surface area (Å²) < 4.78 is 5.81. The monoisotopic (exact) mass is 351 g/mol. The summed E-state index contributed by atoms with van der Waals surface area (Å²) >= 11 is 0. The van der Waals surface area contributed by atoms with Crippen molar-refractivity contribution in [3.05, 3.63) is 71.8 Å². The van der Waals surface area contributed by atoms with Gasteiger partial charge < -0.3 is 9.64 Å². The van der Waals surface area contributed by atoms with Gasteiger partial charge in [0.1, 0.15) is 0 Å². The molecular formula is C23H29NO2. The van der Waals surface area contributed by atoms with E-state index in [0.29, 0.717) is 6.42 Å². The maximum absolute atomic E-state index is 13.1. The summed E-state index contributed by atoms with van der Waals surface area (Å²) in [5.74, 6) is 0.283. The molecule has 1 atom stereocenters. The second-order valence-electron chi connectivity index (χ2n) is 7.84. The number of ether oxygens (including phenoxy) is 1. The molecule has 0 radical (unpaired) electrons. The number of carbonyl (C=O) groups excluding carboxylic acids is 1. The Bertz CT molecular complexity index is 672. The summed E-state index contributed by atoms with van der Waals surface area (Å²) in [7, 11) is 1.95. The van der Waals surface area contributed by atoms with Crippen molar-refractivity contribution in [2.75, 3.05) is 13.7 Å². The van der Waals surface area contributed by atoms with E-state index in [0.717, 1.165) is 19.4 Å². The number of carbonyl (C=O) groups is 1. The fraction of sp³-hybridized carbons (Fsp3) is 0.435. The molecule has 0 bridgehead atoms. The van der Waals surface area contributed by atoms with Gasteiger partial charge in [0.05, 0.1) is 5.60 Å². The van der Waals surface area contributed by atoms with Gasteiger partial charge in [-0.3, -0.25) is 4.79 Å². The molecule has 26 heavy (non-hydrogen) atoms. The highest BCUT2D eigenvalue weighted by atomic mass is 16.5. The number of hydrogen-bond donors (Lipinski definition) is 0. The minimum absolute atomic E-state index is 0.0835. The van der Waals surface area contributed by atoms with E-state index in [1.807, 2.05) is 48.3 Å². The van der Waals surface area contributed by atoms with Crippen LogP contribution in [0.5, 0.6) is 0 Å². The molecule has 1 amide bonds. The van der Waals surface area contributed by atoms with Crippen molar-refractivity contribution < 1.29 is 9.53 Å². The predicted octanol–water partition coefficient (Wildman–Crippen LogP) is 4.62. The third-order valence-electron chi connectivity index (χ3n) is 5.39. The lowest BCUT2D eigenvalue weighted by atomic mass is 9.87. The van der Waals surface area contributed by atoms with Crippen LogP contribution in [0.2, 0.25) is 0 Å². The van der Waals surface area contributed by atoms with Gasteiger partial charge in [-0.25, -0.2) is 0 Å². The molecule has 1 aliphatic rings. The zero-order valence-electron chi connectivity index (χ0n) is 16.0. The van der Waals surface area contributed by atoms with Gasteiger partial charge in [-0.1, -0.05) is 60.7 Å². The number of rotatable bonds is 5. The van der Waals surface area contributed by atoms with Crippen LogP contribution in [-0.4, -0.2) is 36.1 Å². The van der Waals surface area contributed by atoms with Crippen LogP contribution in [0.3, 0.4) is 0 Å². The fourth-order valence-electron chi connectivity index (χ4n) is 3.85. The quantitative estimate of drug-likeness (QED) is 0.786. The van der Waals surface area contributed by atoms with Crippen LogP contribution in [-0.2, 0) is 9.53 Å². The van der Waals surface area contributed by atoms with E-state index in [1.54, 1.807) is 0 Å². The van der Waals surface area contributed by atoms with Crippen LogP contribution >= 0.6 is 0 Å². The number of benzene rings is 2. The van der Waals surface area contributed by atoms with E-state index in [2.05, 4.69) is 38.1 Å². The Kier molecular flexibility index (Phi) is 5.77. The van der Waals surface area contributed by atoms with Crippen molar-refractivity contribution in [2.24, 2.45) is 0 Å². The molecule has 3 heteroatoms. The zero-order chi connectivity index (χ0) is 18.6. The minimum Gasteiger partial charge on any atom is -0.375 e. The maximum atomic E-state index is 13.1. The Morgan fingerprint density at radius 1 is 1.08 bits per heavy atom. The van der Waals surface area contributed by atoms with E-state index in [9.17, 15) is 4.79 Å². The summed E-state index contributed by atoms with van der Waals surface area (Å²) in [4.78, 5) is 15.0. The topological polar surface area (TPSA) is 29.5 Å². The van der Waals surface area contributed by atoms with Crippen molar-refractivity contribution in [1.82, 2.24) is 4.90 Å². The number of amides is 1. The SMILES string of the molecule is CN(C(=O)CC(c1ccccc1)c1ccccc1)C1CCOC(C)(C)C1. The van der Waals surface area contributed by atoms with Gasteiger partial charge in [-0.2, -0.15) is 0 Å². The molecule has 0 aromatic heterocycles. The maximum Gasteiger partial charge on any atom is 0.223 e. The van der Waals surface area contributed by atoms with Crippen LogP contribution < -0.4 is 0 Å². The van der Waals surface area contributed by atoms with Gasteiger partial charge in [0.25, 0.3) is 0 Å². The van der Waals surface area contributed by atoms with Crippen molar-refractivity contribution in [3.8, 4) is 0 Å². The Labute approximate surface area is 157 Å². The lowest BCUT2D eigenvalue weighted by Gasteiger charge is -2.40. The molecule has 0 aliphatic carbocycles. The van der Waals surface area contributed by atoms with Crippen molar-refractivity contribution in [1.29, 1.82) is 0 Å². The third kappa shape index (κ3) is 4.53. The molecule has 0 N–H and O–H groups in total. The highest BCUT2D eigenvalue weighted by Crippen LogP contribution is 2.31. The normalized spacial score (nSPS) is 19.3. The molecule has 1 heterocycles. The van der Waals surface area contributed by atoms with E-state index in [4.69, 9.17) is 4.74 Å². The Hall–Kier alpha value is -2.13. The Balaban J connectivity index is 1.77.